The van der Waals surface area contributed by atoms with E-state index in [1.807, 2.05) is 24.3 Å². The number of nitrogens with zero attached hydrogens (tertiary/aromatic N) is 4. The topological polar surface area (TPSA) is 79.6 Å². The van der Waals surface area contributed by atoms with Crippen molar-refractivity contribution in [1.82, 2.24) is 19.9 Å². The molecule has 9 heteroatoms. The lowest BCUT2D eigenvalue weighted by Crippen LogP contribution is -2.43. The van der Waals surface area contributed by atoms with Crippen molar-refractivity contribution in [1.29, 1.82) is 0 Å². The summed E-state index contributed by atoms with van der Waals surface area (Å²) < 4.78 is 2.33. The van der Waals surface area contributed by atoms with Crippen LogP contribution in [0.5, 0.6) is 0 Å². The molecule has 3 aromatic rings. The number of carbonyl (C=O) groups excluding carboxylic acids is 1. The van der Waals surface area contributed by atoms with Crippen LogP contribution in [0.15, 0.2) is 39.6 Å². The summed E-state index contributed by atoms with van der Waals surface area (Å²) in [5, 5.41) is 8.20. The molecular formula is C19H20BrN5O2S. The Bertz CT molecular complexity index is 1080. The van der Waals surface area contributed by atoms with Gasteiger partial charge in [0.2, 0.25) is 16.0 Å². The number of carbonyl (C=O) groups is 1. The number of piperidine rings is 1. The average molecular weight is 462 g/mol. The molecule has 28 heavy (non-hydrogen) atoms. The molecule has 146 valence electrons. The number of amides is 1. The van der Waals surface area contributed by atoms with Crippen LogP contribution < -0.4 is 15.8 Å². The smallest absolute Gasteiger partial charge is 0.275 e. The zero-order valence-electron chi connectivity index (χ0n) is 15.4. The van der Waals surface area contributed by atoms with Crippen molar-refractivity contribution in [2.45, 2.75) is 26.3 Å². The molecule has 0 radical (unpaired) electrons. The highest BCUT2D eigenvalue weighted by Gasteiger charge is 2.27. The summed E-state index contributed by atoms with van der Waals surface area (Å²) >= 11 is 4.90. The predicted octanol–water partition coefficient (Wildman–Crippen LogP) is 2.75. The molecule has 1 atom stereocenters. The Morgan fingerprint density at radius 3 is 3.04 bits per heavy atom. The van der Waals surface area contributed by atoms with Crippen molar-refractivity contribution in [3.05, 3.63) is 56.4 Å². The van der Waals surface area contributed by atoms with Crippen LogP contribution in [0, 0.1) is 12.8 Å². The van der Waals surface area contributed by atoms with Crippen LogP contribution in [-0.2, 0) is 11.3 Å². The standard InChI is InChI=1S/C19H20BrN5O2S/c1-12-9-16(26)25-18(22-12)28-19(23-25)24-8-4-6-14(11-24)17(27)21-10-13-5-2-3-7-15(13)20/h2-3,5,7,9,14H,4,6,8,10-11H2,1H3,(H,21,27)/t14-/m1/s1. The number of anilines is 1. The van der Waals surface area contributed by atoms with Crippen LogP contribution in [0.25, 0.3) is 4.96 Å². The zero-order chi connectivity index (χ0) is 19.7. The van der Waals surface area contributed by atoms with E-state index < -0.39 is 0 Å². The molecule has 1 N–H and O–H groups in total. The molecule has 4 rings (SSSR count). The average Bonchev–Trinajstić information content (AvgIpc) is 3.12. The van der Waals surface area contributed by atoms with Gasteiger partial charge in [-0.15, -0.1) is 5.10 Å². The van der Waals surface area contributed by atoms with Gasteiger partial charge in [-0.25, -0.2) is 4.98 Å². The fraction of sp³-hybridized carbons (Fsp3) is 0.368. The van der Waals surface area contributed by atoms with E-state index in [9.17, 15) is 9.59 Å². The van der Waals surface area contributed by atoms with Crippen molar-refractivity contribution >= 4 is 43.3 Å². The van der Waals surface area contributed by atoms with Crippen LogP contribution in [0.3, 0.4) is 0 Å². The largest absolute Gasteiger partial charge is 0.352 e. The van der Waals surface area contributed by atoms with Gasteiger partial charge in [-0.2, -0.15) is 4.52 Å². The maximum absolute atomic E-state index is 12.7. The predicted molar refractivity (Wildman–Crippen MR) is 113 cm³/mol. The Labute approximate surface area is 174 Å². The SMILES string of the molecule is Cc1cc(=O)n2nc(N3CCC[C@@H](C(=O)NCc4ccccc4Br)C3)sc2n1. The number of benzene rings is 1. The van der Waals surface area contributed by atoms with E-state index in [4.69, 9.17) is 0 Å². The molecule has 7 nitrogen and oxygen atoms in total. The molecule has 0 aliphatic carbocycles. The van der Waals surface area contributed by atoms with Crippen LogP contribution in [0.1, 0.15) is 24.1 Å². The van der Waals surface area contributed by atoms with Gasteiger partial charge < -0.3 is 10.2 Å². The van der Waals surface area contributed by atoms with Crippen molar-refractivity contribution < 1.29 is 4.79 Å². The van der Waals surface area contributed by atoms with Gasteiger partial charge in [0.1, 0.15) is 0 Å². The molecule has 0 bridgehead atoms. The minimum atomic E-state index is -0.176. The number of hydrogen-bond acceptors (Lipinski definition) is 6. The second kappa shape index (κ2) is 8.00. The maximum atomic E-state index is 12.7. The van der Waals surface area contributed by atoms with E-state index in [2.05, 4.69) is 36.2 Å². The maximum Gasteiger partial charge on any atom is 0.275 e. The van der Waals surface area contributed by atoms with E-state index in [0.29, 0.717) is 23.7 Å². The summed E-state index contributed by atoms with van der Waals surface area (Å²) in [6.45, 7) is 3.71. The third kappa shape index (κ3) is 3.95. The van der Waals surface area contributed by atoms with Crippen molar-refractivity contribution in [3.63, 3.8) is 0 Å². The van der Waals surface area contributed by atoms with E-state index in [1.165, 1.54) is 21.9 Å². The highest BCUT2D eigenvalue weighted by molar-refractivity contribution is 9.10. The van der Waals surface area contributed by atoms with Gasteiger partial charge in [0.15, 0.2) is 0 Å². The lowest BCUT2D eigenvalue weighted by Gasteiger charge is -2.31. The second-order valence-corrected chi connectivity index (χ2v) is 8.70. The summed E-state index contributed by atoms with van der Waals surface area (Å²) in [5.74, 6) is -0.0534. The summed E-state index contributed by atoms with van der Waals surface area (Å²) in [7, 11) is 0. The highest BCUT2D eigenvalue weighted by atomic mass is 79.9. The van der Waals surface area contributed by atoms with E-state index in [0.717, 1.165) is 34.6 Å². The number of aryl methyl sites for hydroxylation is 1. The molecule has 0 spiro atoms. The number of halogens is 1. The summed E-state index contributed by atoms with van der Waals surface area (Å²) in [4.78, 5) is 31.8. The summed E-state index contributed by atoms with van der Waals surface area (Å²) in [6.07, 6.45) is 1.75. The minimum Gasteiger partial charge on any atom is -0.352 e. The fourth-order valence-corrected chi connectivity index (χ4v) is 4.78. The molecule has 1 aliphatic heterocycles. The van der Waals surface area contributed by atoms with Crippen molar-refractivity contribution in [2.75, 3.05) is 18.0 Å². The van der Waals surface area contributed by atoms with Gasteiger partial charge in [0.25, 0.3) is 5.56 Å². The normalized spacial score (nSPS) is 17.1. The minimum absolute atomic E-state index is 0.0488. The second-order valence-electron chi connectivity index (χ2n) is 6.91. The third-order valence-electron chi connectivity index (χ3n) is 4.84. The number of hydrogen-bond donors (Lipinski definition) is 1. The Balaban J connectivity index is 1.45. The molecule has 1 fully saturated rings. The molecule has 2 aromatic heterocycles. The Hall–Kier alpha value is -2.26. The molecule has 3 heterocycles. The van der Waals surface area contributed by atoms with Gasteiger partial charge in [0.05, 0.1) is 5.92 Å². The molecule has 1 amide bonds. The first-order valence-electron chi connectivity index (χ1n) is 9.15. The van der Waals surface area contributed by atoms with Gasteiger partial charge >= 0.3 is 0 Å². The van der Waals surface area contributed by atoms with Gasteiger partial charge in [-0.1, -0.05) is 45.5 Å². The van der Waals surface area contributed by atoms with Crippen molar-refractivity contribution in [3.8, 4) is 0 Å². The monoisotopic (exact) mass is 461 g/mol. The highest BCUT2D eigenvalue weighted by Crippen LogP contribution is 2.27. The number of fused-ring (bicyclic) bond motifs is 1. The van der Waals surface area contributed by atoms with E-state index in [1.54, 1.807) is 6.92 Å². The van der Waals surface area contributed by atoms with E-state index >= 15 is 0 Å². The molecule has 0 saturated carbocycles. The number of rotatable bonds is 4. The van der Waals surface area contributed by atoms with Crippen molar-refractivity contribution in [2.24, 2.45) is 5.92 Å². The van der Waals surface area contributed by atoms with Gasteiger partial charge in [0, 0.05) is 35.9 Å². The Morgan fingerprint density at radius 1 is 1.39 bits per heavy atom. The first-order valence-corrected chi connectivity index (χ1v) is 10.8. The molecule has 1 aliphatic rings. The van der Waals surface area contributed by atoms with Crippen LogP contribution in [0.2, 0.25) is 0 Å². The summed E-state index contributed by atoms with van der Waals surface area (Å²) in [5.41, 5.74) is 1.56. The zero-order valence-corrected chi connectivity index (χ0v) is 17.8. The lowest BCUT2D eigenvalue weighted by atomic mass is 9.97. The quantitative estimate of drug-likeness (QED) is 0.645. The Morgan fingerprint density at radius 2 is 2.21 bits per heavy atom. The summed E-state index contributed by atoms with van der Waals surface area (Å²) in [6, 6.07) is 9.35. The number of aromatic nitrogens is 3. The van der Waals surface area contributed by atoms with Crippen LogP contribution in [0.4, 0.5) is 5.13 Å². The molecular weight excluding hydrogens is 442 g/mol. The van der Waals surface area contributed by atoms with Gasteiger partial charge in [-0.3, -0.25) is 9.59 Å². The first-order chi connectivity index (χ1) is 13.5. The van der Waals surface area contributed by atoms with E-state index in [-0.39, 0.29) is 17.4 Å². The molecule has 1 aromatic carbocycles. The molecule has 0 unspecified atom stereocenters. The van der Waals surface area contributed by atoms with Crippen LogP contribution in [-0.4, -0.2) is 33.6 Å². The lowest BCUT2D eigenvalue weighted by molar-refractivity contribution is -0.125. The number of nitrogens with one attached hydrogen (secondary N) is 1. The molecule has 1 saturated heterocycles. The van der Waals surface area contributed by atoms with Gasteiger partial charge in [-0.05, 0) is 31.4 Å². The van der Waals surface area contributed by atoms with Crippen LogP contribution >= 0.6 is 27.3 Å². The first kappa shape index (κ1) is 19.1. The Kier molecular flexibility index (Phi) is 5.45. The fourth-order valence-electron chi connectivity index (χ4n) is 3.37. The third-order valence-corrected chi connectivity index (χ3v) is 6.58.